The molecular weight excluding hydrogens is 222 g/mol. The highest BCUT2D eigenvalue weighted by Crippen LogP contribution is 2.26. The van der Waals surface area contributed by atoms with Crippen LogP contribution in [0.4, 0.5) is 5.69 Å². The maximum atomic E-state index is 4.21. The molecule has 1 aromatic heterocycles. The van der Waals surface area contributed by atoms with E-state index in [4.69, 9.17) is 0 Å². The van der Waals surface area contributed by atoms with Crippen molar-refractivity contribution in [3.05, 3.63) is 46.8 Å². The lowest BCUT2D eigenvalue weighted by Gasteiger charge is -2.19. The predicted octanol–water partition coefficient (Wildman–Crippen LogP) is 3.52. The highest BCUT2D eigenvalue weighted by atomic mass is 15.3. The molecule has 18 heavy (non-hydrogen) atoms. The van der Waals surface area contributed by atoms with Crippen LogP contribution >= 0.6 is 0 Å². The van der Waals surface area contributed by atoms with Crippen LogP contribution in [-0.2, 0) is 7.05 Å². The first-order valence-electron chi connectivity index (χ1n) is 6.31. The summed E-state index contributed by atoms with van der Waals surface area (Å²) < 4.78 is 1.91. The lowest BCUT2D eigenvalue weighted by Crippen LogP contribution is -2.13. The first kappa shape index (κ1) is 12.7. The summed E-state index contributed by atoms with van der Waals surface area (Å²) in [5.41, 5.74) is 6.32. The number of hydrogen-bond donors (Lipinski definition) is 1. The fourth-order valence-electron chi connectivity index (χ4n) is 2.51. The van der Waals surface area contributed by atoms with Gasteiger partial charge in [0.2, 0.25) is 0 Å². The van der Waals surface area contributed by atoms with Gasteiger partial charge in [0.15, 0.2) is 0 Å². The van der Waals surface area contributed by atoms with Gasteiger partial charge in [-0.2, -0.15) is 5.10 Å². The molecule has 1 N–H and O–H groups in total. The van der Waals surface area contributed by atoms with Crippen LogP contribution in [-0.4, -0.2) is 9.78 Å². The van der Waals surface area contributed by atoms with E-state index in [2.05, 4.69) is 56.3 Å². The van der Waals surface area contributed by atoms with Gasteiger partial charge in [0.25, 0.3) is 0 Å². The van der Waals surface area contributed by atoms with E-state index < -0.39 is 0 Å². The number of benzene rings is 1. The Balaban J connectivity index is 2.27. The summed E-state index contributed by atoms with van der Waals surface area (Å²) in [7, 11) is 1.97. The van der Waals surface area contributed by atoms with Crippen molar-refractivity contribution >= 4 is 5.69 Å². The molecule has 0 aliphatic carbocycles. The van der Waals surface area contributed by atoms with Crippen LogP contribution in [0.1, 0.15) is 35.3 Å². The van der Waals surface area contributed by atoms with Crippen molar-refractivity contribution in [1.82, 2.24) is 9.78 Å². The molecule has 0 aliphatic rings. The van der Waals surface area contributed by atoms with Crippen molar-refractivity contribution in [2.24, 2.45) is 7.05 Å². The van der Waals surface area contributed by atoms with Crippen molar-refractivity contribution in [2.75, 3.05) is 5.32 Å². The summed E-state index contributed by atoms with van der Waals surface area (Å²) in [4.78, 5) is 0. The minimum atomic E-state index is 0.248. The van der Waals surface area contributed by atoms with Crippen molar-refractivity contribution in [2.45, 2.75) is 33.7 Å². The van der Waals surface area contributed by atoms with Crippen molar-refractivity contribution < 1.29 is 0 Å². The Morgan fingerprint density at radius 1 is 1.17 bits per heavy atom. The van der Waals surface area contributed by atoms with E-state index in [-0.39, 0.29) is 6.04 Å². The van der Waals surface area contributed by atoms with E-state index in [1.807, 2.05) is 17.9 Å². The number of rotatable bonds is 3. The summed E-state index contributed by atoms with van der Waals surface area (Å²) >= 11 is 0. The third kappa shape index (κ3) is 2.40. The van der Waals surface area contributed by atoms with Crippen molar-refractivity contribution in [3.63, 3.8) is 0 Å². The van der Waals surface area contributed by atoms with Gasteiger partial charge in [-0.25, -0.2) is 0 Å². The largest absolute Gasteiger partial charge is 0.377 e. The average Bonchev–Trinajstić information content (AvgIpc) is 2.69. The minimum absolute atomic E-state index is 0.248. The molecule has 3 nitrogen and oxygen atoms in total. The van der Waals surface area contributed by atoms with E-state index in [0.717, 1.165) is 0 Å². The Labute approximate surface area is 109 Å². The Bertz CT molecular complexity index is 532. The van der Waals surface area contributed by atoms with Crippen LogP contribution in [0.2, 0.25) is 0 Å². The lowest BCUT2D eigenvalue weighted by molar-refractivity contribution is 0.675. The highest BCUT2D eigenvalue weighted by molar-refractivity contribution is 5.59. The molecule has 0 bridgehead atoms. The quantitative estimate of drug-likeness (QED) is 0.894. The molecule has 1 heterocycles. The zero-order chi connectivity index (χ0) is 13.3. The molecule has 0 radical (unpaired) electrons. The van der Waals surface area contributed by atoms with E-state index >= 15 is 0 Å². The van der Waals surface area contributed by atoms with Gasteiger partial charge in [-0.1, -0.05) is 17.7 Å². The van der Waals surface area contributed by atoms with Crippen molar-refractivity contribution in [3.8, 4) is 0 Å². The maximum Gasteiger partial charge on any atom is 0.0654 e. The standard InChI is InChI=1S/C15H21N3/c1-10-8-11(2)15(12(3)9-10)17-13(4)14-6-7-16-18(14)5/h6-9,13,17H,1-5H3. The fourth-order valence-corrected chi connectivity index (χ4v) is 2.51. The second-order valence-electron chi connectivity index (χ2n) is 5.02. The smallest absolute Gasteiger partial charge is 0.0654 e. The third-order valence-corrected chi connectivity index (χ3v) is 3.34. The normalized spacial score (nSPS) is 12.5. The number of nitrogens with zero attached hydrogens (tertiary/aromatic N) is 2. The van der Waals surface area contributed by atoms with E-state index in [9.17, 15) is 0 Å². The number of hydrogen-bond acceptors (Lipinski definition) is 2. The van der Waals surface area contributed by atoms with Crippen LogP contribution in [0, 0.1) is 20.8 Å². The molecule has 2 rings (SSSR count). The van der Waals surface area contributed by atoms with Crippen LogP contribution in [0.3, 0.4) is 0 Å². The van der Waals surface area contributed by atoms with Crippen LogP contribution in [0.5, 0.6) is 0 Å². The Kier molecular flexibility index (Phi) is 3.41. The maximum absolute atomic E-state index is 4.21. The fraction of sp³-hybridized carbons (Fsp3) is 0.400. The molecule has 1 aromatic carbocycles. The number of anilines is 1. The zero-order valence-corrected chi connectivity index (χ0v) is 11.8. The molecular formula is C15H21N3. The van der Waals surface area contributed by atoms with E-state index in [0.29, 0.717) is 0 Å². The summed E-state index contributed by atoms with van der Waals surface area (Å²) in [6.07, 6.45) is 1.84. The van der Waals surface area contributed by atoms with Gasteiger partial charge >= 0.3 is 0 Å². The molecule has 0 fully saturated rings. The van der Waals surface area contributed by atoms with Gasteiger partial charge in [0.1, 0.15) is 0 Å². The van der Waals surface area contributed by atoms with Gasteiger partial charge in [0, 0.05) is 18.9 Å². The summed E-state index contributed by atoms with van der Waals surface area (Å²) in [5, 5.41) is 7.80. The minimum Gasteiger partial charge on any atom is -0.377 e. The van der Waals surface area contributed by atoms with E-state index in [1.165, 1.54) is 28.1 Å². The SMILES string of the molecule is Cc1cc(C)c(NC(C)c2ccnn2C)c(C)c1. The molecule has 96 valence electrons. The second kappa shape index (κ2) is 4.84. The molecule has 0 saturated carbocycles. The molecule has 1 atom stereocenters. The second-order valence-corrected chi connectivity index (χ2v) is 5.02. The molecule has 0 aliphatic heterocycles. The topological polar surface area (TPSA) is 29.9 Å². The molecule has 0 amide bonds. The van der Waals surface area contributed by atoms with Gasteiger partial charge in [-0.3, -0.25) is 4.68 Å². The summed E-state index contributed by atoms with van der Waals surface area (Å²) in [6, 6.07) is 6.73. The van der Waals surface area contributed by atoms with Gasteiger partial charge in [-0.05, 0) is 44.9 Å². The summed E-state index contributed by atoms with van der Waals surface area (Å²) in [6.45, 7) is 8.60. The first-order chi connectivity index (χ1) is 8.49. The van der Waals surface area contributed by atoms with Crippen LogP contribution in [0.25, 0.3) is 0 Å². The van der Waals surface area contributed by atoms with Gasteiger partial charge in [0.05, 0.1) is 11.7 Å². The molecule has 0 spiro atoms. The molecule has 1 unspecified atom stereocenters. The number of aromatic nitrogens is 2. The summed E-state index contributed by atoms with van der Waals surface area (Å²) in [5.74, 6) is 0. The lowest BCUT2D eigenvalue weighted by atomic mass is 10.0. The number of aryl methyl sites for hydroxylation is 4. The predicted molar refractivity (Wildman–Crippen MR) is 75.9 cm³/mol. The zero-order valence-electron chi connectivity index (χ0n) is 11.8. The van der Waals surface area contributed by atoms with Crippen LogP contribution in [0.15, 0.2) is 24.4 Å². The van der Waals surface area contributed by atoms with Crippen molar-refractivity contribution in [1.29, 1.82) is 0 Å². The first-order valence-corrected chi connectivity index (χ1v) is 6.31. The van der Waals surface area contributed by atoms with E-state index in [1.54, 1.807) is 0 Å². The monoisotopic (exact) mass is 243 g/mol. The molecule has 0 saturated heterocycles. The third-order valence-electron chi connectivity index (χ3n) is 3.34. The van der Waals surface area contributed by atoms with Gasteiger partial charge < -0.3 is 5.32 Å². The van der Waals surface area contributed by atoms with Crippen LogP contribution < -0.4 is 5.32 Å². The number of nitrogens with one attached hydrogen (secondary N) is 1. The molecule has 3 heteroatoms. The Hall–Kier alpha value is -1.77. The Morgan fingerprint density at radius 2 is 1.78 bits per heavy atom. The Morgan fingerprint density at radius 3 is 2.28 bits per heavy atom. The highest BCUT2D eigenvalue weighted by Gasteiger charge is 2.12. The average molecular weight is 243 g/mol. The van der Waals surface area contributed by atoms with Gasteiger partial charge in [-0.15, -0.1) is 0 Å². The molecule has 2 aromatic rings.